The molecule has 0 saturated heterocycles. The van der Waals surface area contributed by atoms with Gasteiger partial charge in [-0.05, 0) is 31.7 Å². The minimum Gasteiger partial charge on any atom is -0.467 e. The lowest BCUT2D eigenvalue weighted by Crippen LogP contribution is -2.41. The number of esters is 1. The van der Waals surface area contributed by atoms with Crippen molar-refractivity contribution in [2.75, 3.05) is 7.11 Å². The summed E-state index contributed by atoms with van der Waals surface area (Å²) in [5.41, 5.74) is 0.871. The average Bonchev–Trinajstić information content (AvgIpc) is 2.44. The smallest absolute Gasteiger partial charge is 0.408 e. The zero-order valence-electron chi connectivity index (χ0n) is 11.1. The number of halogens is 1. The maximum atomic E-state index is 11.7. The molecule has 0 radical (unpaired) electrons. The number of methoxy groups -OCH3 is 1. The van der Waals surface area contributed by atoms with Crippen LogP contribution < -0.4 is 5.32 Å². The lowest BCUT2D eigenvalue weighted by molar-refractivity contribution is -0.142. The lowest BCUT2D eigenvalue weighted by Gasteiger charge is -2.15. The van der Waals surface area contributed by atoms with E-state index >= 15 is 0 Å². The Balaban J connectivity index is 2.49. The summed E-state index contributed by atoms with van der Waals surface area (Å²) in [4.78, 5) is 23.2. The molecule has 0 aliphatic carbocycles. The number of hydrogen-bond acceptors (Lipinski definition) is 4. The van der Waals surface area contributed by atoms with Crippen molar-refractivity contribution < 1.29 is 19.1 Å². The molecule has 5 nitrogen and oxygen atoms in total. The van der Waals surface area contributed by atoms with Crippen molar-refractivity contribution in [1.82, 2.24) is 5.32 Å². The highest BCUT2D eigenvalue weighted by Crippen LogP contribution is 2.12. The number of carbonyl (C=O) groups is 2. The summed E-state index contributed by atoms with van der Waals surface area (Å²) in [6, 6.07) is 8.49. The minimum absolute atomic E-state index is 0.145. The second kappa shape index (κ2) is 8.57. The van der Waals surface area contributed by atoms with Crippen molar-refractivity contribution in [3.8, 4) is 0 Å². The molecule has 6 heteroatoms. The van der Waals surface area contributed by atoms with Crippen molar-refractivity contribution in [2.24, 2.45) is 0 Å². The Bertz CT molecular complexity index is 475. The normalized spacial score (nSPS) is 11.3. The molecule has 1 N–H and O–H groups in total. The predicted molar refractivity (Wildman–Crippen MR) is 83.3 cm³/mol. The molecule has 0 aliphatic rings. The molecule has 0 aromatic heterocycles. The van der Waals surface area contributed by atoms with Gasteiger partial charge in [-0.1, -0.05) is 36.9 Å². The van der Waals surface area contributed by atoms with Gasteiger partial charge in [0.25, 0.3) is 0 Å². The molecule has 0 heterocycles. The maximum absolute atomic E-state index is 11.7. The van der Waals surface area contributed by atoms with Crippen LogP contribution in [0.2, 0.25) is 0 Å². The Morgan fingerprint density at radius 1 is 1.35 bits per heavy atom. The van der Waals surface area contributed by atoms with Gasteiger partial charge in [0.05, 0.1) is 7.11 Å². The molecular formula is C14H16INO4. The molecule has 1 aromatic carbocycles. The summed E-state index contributed by atoms with van der Waals surface area (Å²) >= 11 is 1.99. The minimum atomic E-state index is -0.785. The molecular weight excluding hydrogens is 373 g/mol. The zero-order valence-corrected chi connectivity index (χ0v) is 13.3. The van der Waals surface area contributed by atoms with E-state index in [-0.39, 0.29) is 6.61 Å². The molecule has 20 heavy (non-hydrogen) atoms. The van der Waals surface area contributed by atoms with Crippen molar-refractivity contribution in [3.63, 3.8) is 0 Å². The highest BCUT2D eigenvalue weighted by molar-refractivity contribution is 14.1. The van der Waals surface area contributed by atoms with E-state index in [0.29, 0.717) is 6.42 Å². The third kappa shape index (κ3) is 6.05. The van der Waals surface area contributed by atoms with Gasteiger partial charge in [0, 0.05) is 6.42 Å². The Kier molecular flexibility index (Phi) is 7.06. The van der Waals surface area contributed by atoms with E-state index < -0.39 is 18.1 Å². The summed E-state index contributed by atoms with van der Waals surface area (Å²) in [5, 5.41) is 2.47. The van der Waals surface area contributed by atoms with Gasteiger partial charge in [-0.3, -0.25) is 0 Å². The molecule has 0 spiro atoms. The van der Waals surface area contributed by atoms with E-state index in [9.17, 15) is 9.59 Å². The van der Waals surface area contributed by atoms with Crippen LogP contribution in [0.1, 0.15) is 12.0 Å². The first-order valence-electron chi connectivity index (χ1n) is 5.91. The molecule has 1 aromatic rings. The average molecular weight is 389 g/mol. The van der Waals surface area contributed by atoms with Gasteiger partial charge in [-0.25, -0.2) is 9.59 Å². The van der Waals surface area contributed by atoms with Gasteiger partial charge >= 0.3 is 12.1 Å². The second-order valence-electron chi connectivity index (χ2n) is 4.00. The van der Waals surface area contributed by atoms with Gasteiger partial charge in [0.1, 0.15) is 12.6 Å². The monoisotopic (exact) mass is 389 g/mol. The largest absolute Gasteiger partial charge is 0.467 e. The number of alkyl carbamates (subject to hydrolysis) is 1. The fraction of sp³-hybridized carbons (Fsp3) is 0.286. The van der Waals surface area contributed by atoms with E-state index in [4.69, 9.17) is 4.74 Å². The summed E-state index contributed by atoms with van der Waals surface area (Å²) in [6.45, 7) is 3.84. The number of hydrogen-bond donors (Lipinski definition) is 1. The third-order valence-electron chi connectivity index (χ3n) is 2.42. The lowest BCUT2D eigenvalue weighted by atomic mass is 10.2. The quantitative estimate of drug-likeness (QED) is 0.601. The standard InChI is InChI=1S/C14H16INO4/c1-10(15)8-12(13(17)19-2)16-14(18)20-9-11-6-4-3-5-7-11/h3-7,12H,1,8-9H2,2H3,(H,16,18). The van der Waals surface area contributed by atoms with E-state index in [2.05, 4.69) is 16.6 Å². The van der Waals surface area contributed by atoms with Gasteiger partial charge in [0.2, 0.25) is 0 Å². The zero-order chi connectivity index (χ0) is 15.0. The van der Waals surface area contributed by atoms with Crippen LogP contribution in [0.5, 0.6) is 0 Å². The highest BCUT2D eigenvalue weighted by atomic mass is 127. The van der Waals surface area contributed by atoms with Crippen LogP contribution in [0, 0.1) is 0 Å². The van der Waals surface area contributed by atoms with Crippen molar-refractivity contribution >= 4 is 34.7 Å². The topological polar surface area (TPSA) is 64.6 Å². The van der Waals surface area contributed by atoms with Crippen LogP contribution in [0.3, 0.4) is 0 Å². The van der Waals surface area contributed by atoms with Gasteiger partial charge in [-0.15, -0.1) is 0 Å². The Labute approximate surface area is 131 Å². The fourth-order valence-electron chi connectivity index (χ4n) is 1.46. The molecule has 1 amide bonds. The fourth-order valence-corrected chi connectivity index (χ4v) is 1.90. The molecule has 1 unspecified atom stereocenters. The van der Waals surface area contributed by atoms with E-state index in [1.165, 1.54) is 7.11 Å². The van der Waals surface area contributed by atoms with Gasteiger partial charge in [-0.2, -0.15) is 0 Å². The number of nitrogens with one attached hydrogen (secondary N) is 1. The first-order chi connectivity index (χ1) is 9.52. The van der Waals surface area contributed by atoms with Crippen molar-refractivity contribution in [2.45, 2.75) is 19.1 Å². The van der Waals surface area contributed by atoms with E-state index in [1.54, 1.807) is 0 Å². The summed E-state index contributed by atoms with van der Waals surface area (Å²) in [6.07, 6.45) is -0.366. The molecule has 0 aliphatic heterocycles. The van der Waals surface area contributed by atoms with Crippen molar-refractivity contribution in [1.29, 1.82) is 0 Å². The van der Waals surface area contributed by atoms with Crippen LogP contribution in [-0.4, -0.2) is 25.2 Å². The maximum Gasteiger partial charge on any atom is 0.408 e. The third-order valence-corrected chi connectivity index (χ3v) is 2.86. The number of rotatable bonds is 6. The van der Waals surface area contributed by atoms with Crippen LogP contribution in [-0.2, 0) is 20.9 Å². The van der Waals surface area contributed by atoms with Gasteiger partial charge in [0.15, 0.2) is 0 Å². The second-order valence-corrected chi connectivity index (χ2v) is 5.53. The first kappa shape index (κ1) is 16.5. The summed E-state index contributed by atoms with van der Waals surface area (Å²) in [7, 11) is 1.27. The van der Waals surface area contributed by atoms with Crippen LogP contribution >= 0.6 is 22.6 Å². The molecule has 1 atom stereocenters. The summed E-state index contributed by atoms with van der Waals surface area (Å²) < 4.78 is 10.4. The number of ether oxygens (including phenoxy) is 2. The van der Waals surface area contributed by atoms with Crippen LogP contribution in [0.4, 0.5) is 4.79 Å². The molecule has 0 saturated carbocycles. The predicted octanol–water partition coefficient (Wildman–Crippen LogP) is 2.79. The Morgan fingerprint density at radius 2 is 2.00 bits per heavy atom. The highest BCUT2D eigenvalue weighted by Gasteiger charge is 2.22. The molecule has 108 valence electrons. The Morgan fingerprint density at radius 3 is 2.55 bits per heavy atom. The number of amides is 1. The van der Waals surface area contributed by atoms with Crippen LogP contribution in [0.25, 0.3) is 0 Å². The number of carbonyl (C=O) groups excluding carboxylic acids is 2. The molecule has 0 fully saturated rings. The molecule has 1 rings (SSSR count). The number of benzene rings is 1. The summed E-state index contributed by atoms with van der Waals surface area (Å²) in [5.74, 6) is -0.528. The van der Waals surface area contributed by atoms with Gasteiger partial charge < -0.3 is 14.8 Å². The van der Waals surface area contributed by atoms with E-state index in [0.717, 1.165) is 9.14 Å². The van der Waals surface area contributed by atoms with Crippen LogP contribution in [0.15, 0.2) is 40.5 Å². The van der Waals surface area contributed by atoms with E-state index in [1.807, 2.05) is 52.9 Å². The SMILES string of the molecule is C=C(I)CC(NC(=O)OCc1ccccc1)C(=O)OC. The molecule has 0 bridgehead atoms. The first-order valence-corrected chi connectivity index (χ1v) is 6.99. The van der Waals surface area contributed by atoms with Crippen molar-refractivity contribution in [3.05, 3.63) is 46.1 Å². The Hall–Kier alpha value is -1.57.